The van der Waals surface area contributed by atoms with E-state index in [0.29, 0.717) is 12.4 Å². The van der Waals surface area contributed by atoms with Gasteiger partial charge in [0.25, 0.3) is 0 Å². The summed E-state index contributed by atoms with van der Waals surface area (Å²) in [4.78, 5) is 0. The molecule has 0 bridgehead atoms. The topological polar surface area (TPSA) is 48.5 Å². The van der Waals surface area contributed by atoms with Crippen molar-refractivity contribution < 1.29 is 0 Å². The molecular formula is C10H13BrClN5. The van der Waals surface area contributed by atoms with E-state index in [2.05, 4.69) is 31.3 Å². The fourth-order valence-electron chi connectivity index (χ4n) is 1.63. The highest BCUT2D eigenvalue weighted by Crippen LogP contribution is 2.20. The summed E-state index contributed by atoms with van der Waals surface area (Å²) in [5.74, 6) is 0.563. The molecule has 5 nitrogen and oxygen atoms in total. The van der Waals surface area contributed by atoms with E-state index in [-0.39, 0.29) is 0 Å². The van der Waals surface area contributed by atoms with Gasteiger partial charge in [0, 0.05) is 25.5 Å². The normalized spacial score (nSPS) is 11.1. The number of hydrogen-bond acceptors (Lipinski definition) is 3. The second-order valence-corrected chi connectivity index (χ2v) is 4.99. The molecule has 0 aromatic carbocycles. The van der Waals surface area contributed by atoms with Crippen LogP contribution >= 0.6 is 27.5 Å². The molecular weight excluding hydrogens is 306 g/mol. The summed E-state index contributed by atoms with van der Waals surface area (Å²) in [5.41, 5.74) is 2.96. The summed E-state index contributed by atoms with van der Waals surface area (Å²) in [6.45, 7) is 2.61. The molecule has 0 aliphatic heterocycles. The van der Waals surface area contributed by atoms with Crippen LogP contribution < -0.4 is 0 Å². The first-order chi connectivity index (χ1) is 8.11. The van der Waals surface area contributed by atoms with E-state index in [0.717, 1.165) is 28.0 Å². The summed E-state index contributed by atoms with van der Waals surface area (Å²) in [7, 11) is 1.92. The van der Waals surface area contributed by atoms with E-state index in [1.165, 1.54) is 0 Å². The Morgan fingerprint density at radius 2 is 2.24 bits per heavy atom. The van der Waals surface area contributed by atoms with Crippen LogP contribution in [-0.2, 0) is 20.0 Å². The molecule has 0 amide bonds. The smallest absolute Gasteiger partial charge is 0.0857 e. The van der Waals surface area contributed by atoms with Crippen molar-refractivity contribution in [3.05, 3.63) is 27.8 Å². The van der Waals surface area contributed by atoms with Gasteiger partial charge in [-0.3, -0.25) is 4.68 Å². The zero-order valence-corrected chi connectivity index (χ0v) is 12.0. The van der Waals surface area contributed by atoms with Crippen LogP contribution in [0.15, 0.2) is 10.7 Å². The van der Waals surface area contributed by atoms with Crippen molar-refractivity contribution in [2.24, 2.45) is 7.05 Å². The summed E-state index contributed by atoms with van der Waals surface area (Å²) >= 11 is 9.19. The number of halogens is 2. The molecule has 7 heteroatoms. The Bertz CT molecular complexity index is 519. The van der Waals surface area contributed by atoms with Crippen molar-refractivity contribution in [2.75, 3.05) is 5.88 Å². The minimum atomic E-state index is 0.563. The third-order valence-corrected chi connectivity index (χ3v) is 3.73. The summed E-state index contributed by atoms with van der Waals surface area (Å²) in [6.07, 6.45) is 2.66. The quantitative estimate of drug-likeness (QED) is 0.809. The molecule has 0 saturated carbocycles. The van der Waals surface area contributed by atoms with Gasteiger partial charge in [-0.05, 0) is 22.9 Å². The fourth-order valence-corrected chi connectivity index (χ4v) is 2.29. The number of nitrogens with zero attached hydrogens (tertiary/aromatic N) is 5. The van der Waals surface area contributed by atoms with Crippen LogP contribution in [0.25, 0.3) is 0 Å². The minimum Gasteiger partial charge on any atom is -0.269 e. The molecule has 2 aromatic rings. The zero-order valence-electron chi connectivity index (χ0n) is 9.69. The van der Waals surface area contributed by atoms with E-state index in [1.807, 2.05) is 24.9 Å². The largest absolute Gasteiger partial charge is 0.269 e. The van der Waals surface area contributed by atoms with Crippen LogP contribution in [0.1, 0.15) is 17.1 Å². The van der Waals surface area contributed by atoms with Gasteiger partial charge in [0.1, 0.15) is 0 Å². The van der Waals surface area contributed by atoms with Gasteiger partial charge in [0.2, 0.25) is 0 Å². The van der Waals surface area contributed by atoms with E-state index in [1.54, 1.807) is 4.68 Å². The van der Waals surface area contributed by atoms with E-state index in [4.69, 9.17) is 11.6 Å². The zero-order chi connectivity index (χ0) is 12.4. The Morgan fingerprint density at radius 3 is 2.82 bits per heavy atom. The maximum Gasteiger partial charge on any atom is 0.0857 e. The van der Waals surface area contributed by atoms with Crippen LogP contribution in [0.3, 0.4) is 0 Å². The lowest BCUT2D eigenvalue weighted by Gasteiger charge is -2.02. The molecule has 0 N–H and O–H groups in total. The molecule has 92 valence electrons. The molecule has 0 atom stereocenters. The Hall–Kier alpha value is -0.880. The lowest BCUT2D eigenvalue weighted by Crippen LogP contribution is -2.06. The molecule has 0 radical (unpaired) electrons. The standard InChI is InChI=1S/C10H13BrClN5/c1-7-10(11)9(16(2)14-7)6-17-5-8(3-4-12)13-15-17/h5H,3-4,6H2,1-2H3. The first-order valence-corrected chi connectivity index (χ1v) is 6.57. The predicted molar refractivity (Wildman–Crippen MR) is 69.2 cm³/mol. The lowest BCUT2D eigenvalue weighted by molar-refractivity contribution is 0.598. The van der Waals surface area contributed by atoms with Crippen molar-refractivity contribution in [3.63, 3.8) is 0 Å². The van der Waals surface area contributed by atoms with Crippen LogP contribution in [0.5, 0.6) is 0 Å². The summed E-state index contributed by atoms with van der Waals surface area (Å²) < 4.78 is 4.67. The molecule has 2 rings (SSSR count). The van der Waals surface area contributed by atoms with E-state index in [9.17, 15) is 0 Å². The maximum atomic E-state index is 5.66. The highest BCUT2D eigenvalue weighted by atomic mass is 79.9. The SMILES string of the molecule is Cc1nn(C)c(Cn2cc(CCCl)nn2)c1Br. The molecule has 2 aromatic heterocycles. The van der Waals surface area contributed by atoms with E-state index < -0.39 is 0 Å². The Labute approximate surface area is 113 Å². The van der Waals surface area contributed by atoms with Crippen molar-refractivity contribution in [1.82, 2.24) is 24.8 Å². The van der Waals surface area contributed by atoms with Gasteiger partial charge in [0.05, 0.1) is 28.1 Å². The van der Waals surface area contributed by atoms with Crippen LogP contribution in [-0.4, -0.2) is 30.7 Å². The van der Waals surface area contributed by atoms with Gasteiger partial charge in [-0.2, -0.15) is 5.10 Å². The Morgan fingerprint density at radius 1 is 1.47 bits per heavy atom. The molecule has 0 aliphatic carbocycles. The maximum absolute atomic E-state index is 5.66. The average Bonchev–Trinajstić information content (AvgIpc) is 2.81. The van der Waals surface area contributed by atoms with Gasteiger partial charge < -0.3 is 0 Å². The first kappa shape index (κ1) is 12.6. The molecule has 0 fully saturated rings. The third kappa shape index (κ3) is 2.69. The molecule has 0 unspecified atom stereocenters. The summed E-state index contributed by atoms with van der Waals surface area (Å²) in [5, 5.41) is 12.5. The van der Waals surface area contributed by atoms with E-state index >= 15 is 0 Å². The second-order valence-electron chi connectivity index (χ2n) is 3.82. The Balaban J connectivity index is 2.19. The predicted octanol–water partition coefficient (Wildman–Crippen LogP) is 1.91. The minimum absolute atomic E-state index is 0.563. The average molecular weight is 319 g/mol. The monoisotopic (exact) mass is 317 g/mol. The number of rotatable bonds is 4. The van der Waals surface area contributed by atoms with Crippen molar-refractivity contribution in [3.8, 4) is 0 Å². The van der Waals surface area contributed by atoms with Crippen molar-refractivity contribution in [1.29, 1.82) is 0 Å². The number of aryl methyl sites for hydroxylation is 3. The number of hydrogen-bond donors (Lipinski definition) is 0. The summed E-state index contributed by atoms with van der Waals surface area (Å²) in [6, 6.07) is 0. The molecule has 0 spiro atoms. The lowest BCUT2D eigenvalue weighted by atomic mass is 10.3. The number of alkyl halides is 1. The van der Waals surface area contributed by atoms with Crippen LogP contribution in [0.2, 0.25) is 0 Å². The van der Waals surface area contributed by atoms with Gasteiger partial charge in [-0.25, -0.2) is 4.68 Å². The van der Waals surface area contributed by atoms with Gasteiger partial charge in [-0.1, -0.05) is 5.21 Å². The van der Waals surface area contributed by atoms with Crippen molar-refractivity contribution >= 4 is 27.5 Å². The first-order valence-electron chi connectivity index (χ1n) is 5.24. The molecule has 17 heavy (non-hydrogen) atoms. The molecule has 2 heterocycles. The van der Waals surface area contributed by atoms with Gasteiger partial charge in [0.15, 0.2) is 0 Å². The van der Waals surface area contributed by atoms with Gasteiger partial charge >= 0.3 is 0 Å². The third-order valence-electron chi connectivity index (χ3n) is 2.51. The highest BCUT2D eigenvalue weighted by Gasteiger charge is 2.11. The van der Waals surface area contributed by atoms with Crippen LogP contribution in [0, 0.1) is 6.92 Å². The highest BCUT2D eigenvalue weighted by molar-refractivity contribution is 9.10. The molecule has 0 aliphatic rings. The molecule has 0 saturated heterocycles. The van der Waals surface area contributed by atoms with Crippen LogP contribution in [0.4, 0.5) is 0 Å². The number of aromatic nitrogens is 5. The second kappa shape index (κ2) is 5.18. The Kier molecular flexibility index (Phi) is 3.83. The van der Waals surface area contributed by atoms with Gasteiger partial charge in [-0.15, -0.1) is 16.7 Å². The fraction of sp³-hybridized carbons (Fsp3) is 0.500. The van der Waals surface area contributed by atoms with Crippen molar-refractivity contribution in [2.45, 2.75) is 19.9 Å².